The lowest BCUT2D eigenvalue weighted by atomic mass is 9.92. The van der Waals surface area contributed by atoms with E-state index in [1.807, 2.05) is 0 Å². The smallest absolute Gasteiger partial charge is 0.0938 e. The van der Waals surface area contributed by atoms with Crippen LogP contribution in [0.15, 0.2) is 0 Å². The van der Waals surface area contributed by atoms with Gasteiger partial charge in [-0.1, -0.05) is 0 Å². The average molecular weight is 141 g/mol. The highest BCUT2D eigenvalue weighted by Gasteiger charge is 2.19. The van der Waals surface area contributed by atoms with Crippen molar-refractivity contribution >= 4 is 5.84 Å². The van der Waals surface area contributed by atoms with Gasteiger partial charge in [-0.25, -0.2) is 0 Å². The predicted molar refractivity (Wildman–Crippen MR) is 42.1 cm³/mol. The van der Waals surface area contributed by atoms with Gasteiger partial charge in [0, 0.05) is 12.0 Å². The van der Waals surface area contributed by atoms with Crippen LogP contribution >= 0.6 is 0 Å². The molecule has 0 radical (unpaired) electrons. The summed E-state index contributed by atoms with van der Waals surface area (Å²) in [6.45, 7) is 3.14. The van der Waals surface area contributed by atoms with E-state index < -0.39 is 0 Å². The van der Waals surface area contributed by atoms with Gasteiger partial charge in [-0.15, -0.1) is 0 Å². The van der Waals surface area contributed by atoms with Gasteiger partial charge in [0.1, 0.15) is 0 Å². The highest BCUT2D eigenvalue weighted by molar-refractivity contribution is 5.79. The van der Waals surface area contributed by atoms with Gasteiger partial charge in [-0.05, 0) is 26.3 Å². The minimum Gasteiger partial charge on any atom is -0.387 e. The molecule has 1 aliphatic rings. The fourth-order valence-corrected chi connectivity index (χ4v) is 1.41. The van der Waals surface area contributed by atoms with Crippen molar-refractivity contribution < 1.29 is 0 Å². The zero-order valence-electron chi connectivity index (χ0n) is 6.35. The van der Waals surface area contributed by atoms with Crippen molar-refractivity contribution in [3.05, 3.63) is 0 Å². The van der Waals surface area contributed by atoms with Gasteiger partial charge in [0.15, 0.2) is 0 Å². The molecule has 1 unspecified atom stereocenters. The van der Waals surface area contributed by atoms with Crippen LogP contribution in [0.1, 0.15) is 19.8 Å². The quantitative estimate of drug-likeness (QED) is 0.363. The van der Waals surface area contributed by atoms with Gasteiger partial charge in [0.2, 0.25) is 0 Å². The van der Waals surface area contributed by atoms with Crippen LogP contribution < -0.4 is 11.1 Å². The number of nitrogens with two attached hydrogens (primary N) is 1. The fraction of sp³-hybridized carbons (Fsp3) is 0.857. The number of hydrogen-bond donors (Lipinski definition) is 3. The Hall–Kier alpha value is -0.570. The molecule has 0 amide bonds. The standard InChI is InChI=1S/C7H15N3/c1-5-4-6(7(8)9)2-3-10-5/h5-6,10H,2-4H2,1H3,(H3,8,9)/t5-,6?/m0/s1. The van der Waals surface area contributed by atoms with Crippen LogP contribution in [0.4, 0.5) is 0 Å². The van der Waals surface area contributed by atoms with E-state index in [-0.39, 0.29) is 0 Å². The van der Waals surface area contributed by atoms with Crippen LogP contribution in [-0.4, -0.2) is 18.4 Å². The zero-order chi connectivity index (χ0) is 7.56. The van der Waals surface area contributed by atoms with Gasteiger partial charge >= 0.3 is 0 Å². The maximum Gasteiger partial charge on any atom is 0.0938 e. The molecular weight excluding hydrogens is 126 g/mol. The summed E-state index contributed by atoms with van der Waals surface area (Å²) in [7, 11) is 0. The largest absolute Gasteiger partial charge is 0.387 e. The predicted octanol–water partition coefficient (Wildman–Crippen LogP) is 0.310. The summed E-state index contributed by atoms with van der Waals surface area (Å²) in [4.78, 5) is 0. The lowest BCUT2D eigenvalue weighted by Crippen LogP contribution is -2.40. The molecule has 0 aromatic rings. The SMILES string of the molecule is C[C@H]1CC(C(=N)N)CCN1. The van der Waals surface area contributed by atoms with Crippen molar-refractivity contribution in [1.82, 2.24) is 5.32 Å². The number of hydrogen-bond acceptors (Lipinski definition) is 2. The summed E-state index contributed by atoms with van der Waals surface area (Å²) in [5, 5.41) is 10.5. The summed E-state index contributed by atoms with van der Waals surface area (Å²) in [6.07, 6.45) is 2.05. The van der Waals surface area contributed by atoms with Crippen molar-refractivity contribution in [3.8, 4) is 0 Å². The van der Waals surface area contributed by atoms with Gasteiger partial charge in [0.25, 0.3) is 0 Å². The molecule has 3 heteroatoms. The maximum atomic E-state index is 7.23. The molecule has 1 heterocycles. The second kappa shape index (κ2) is 3.01. The number of amidine groups is 1. The van der Waals surface area contributed by atoms with E-state index in [2.05, 4.69) is 12.2 Å². The number of rotatable bonds is 1. The molecule has 0 spiro atoms. The Labute approximate surface area is 61.5 Å². The van der Waals surface area contributed by atoms with E-state index in [4.69, 9.17) is 11.1 Å². The number of piperidine rings is 1. The molecule has 3 nitrogen and oxygen atoms in total. The van der Waals surface area contributed by atoms with E-state index in [0.717, 1.165) is 19.4 Å². The van der Waals surface area contributed by atoms with E-state index in [9.17, 15) is 0 Å². The molecule has 0 bridgehead atoms. The first kappa shape index (κ1) is 7.54. The van der Waals surface area contributed by atoms with E-state index in [1.54, 1.807) is 0 Å². The van der Waals surface area contributed by atoms with Crippen molar-refractivity contribution in [3.63, 3.8) is 0 Å². The van der Waals surface area contributed by atoms with Crippen molar-refractivity contribution in [2.75, 3.05) is 6.54 Å². The van der Waals surface area contributed by atoms with Crippen LogP contribution in [0, 0.1) is 11.3 Å². The van der Waals surface area contributed by atoms with Gasteiger partial charge < -0.3 is 11.1 Å². The summed E-state index contributed by atoms with van der Waals surface area (Å²) in [5.74, 6) is 0.685. The molecule has 10 heavy (non-hydrogen) atoms. The van der Waals surface area contributed by atoms with Crippen LogP contribution in [0.5, 0.6) is 0 Å². The molecular formula is C7H15N3. The molecule has 0 aliphatic carbocycles. The second-order valence-corrected chi connectivity index (χ2v) is 3.03. The van der Waals surface area contributed by atoms with Crippen LogP contribution in [0.25, 0.3) is 0 Å². The summed E-state index contributed by atoms with van der Waals surface area (Å²) in [5.41, 5.74) is 5.38. The summed E-state index contributed by atoms with van der Waals surface area (Å²) >= 11 is 0. The van der Waals surface area contributed by atoms with Crippen molar-refractivity contribution in [2.24, 2.45) is 11.7 Å². The molecule has 0 aromatic carbocycles. The Kier molecular flexibility index (Phi) is 2.27. The molecule has 1 rings (SSSR count). The first-order valence-corrected chi connectivity index (χ1v) is 3.77. The Morgan fingerprint density at radius 2 is 2.40 bits per heavy atom. The zero-order valence-corrected chi connectivity index (χ0v) is 6.35. The van der Waals surface area contributed by atoms with Crippen molar-refractivity contribution in [1.29, 1.82) is 5.41 Å². The first-order chi connectivity index (χ1) is 4.70. The molecule has 4 N–H and O–H groups in total. The van der Waals surface area contributed by atoms with E-state index in [1.165, 1.54) is 0 Å². The lowest BCUT2D eigenvalue weighted by molar-refractivity contribution is 0.375. The molecule has 1 fully saturated rings. The molecule has 2 atom stereocenters. The van der Waals surface area contributed by atoms with E-state index >= 15 is 0 Å². The van der Waals surface area contributed by atoms with Gasteiger partial charge in [-0.2, -0.15) is 0 Å². The Balaban J connectivity index is 2.39. The van der Waals surface area contributed by atoms with Gasteiger partial charge in [-0.3, -0.25) is 5.41 Å². The fourth-order valence-electron chi connectivity index (χ4n) is 1.41. The minimum atomic E-state index is 0.330. The third kappa shape index (κ3) is 1.70. The Bertz CT molecular complexity index is 133. The molecule has 1 saturated heterocycles. The van der Waals surface area contributed by atoms with Gasteiger partial charge in [0.05, 0.1) is 5.84 Å². The Morgan fingerprint density at radius 3 is 2.80 bits per heavy atom. The van der Waals surface area contributed by atoms with Crippen LogP contribution in [0.3, 0.4) is 0 Å². The molecule has 1 aliphatic heterocycles. The summed E-state index contributed by atoms with van der Waals surface area (Å²) in [6, 6.07) is 0.530. The number of nitrogens with one attached hydrogen (secondary N) is 2. The van der Waals surface area contributed by atoms with Crippen LogP contribution in [0.2, 0.25) is 0 Å². The third-order valence-electron chi connectivity index (χ3n) is 2.06. The van der Waals surface area contributed by atoms with Crippen LogP contribution in [-0.2, 0) is 0 Å². The molecule has 58 valence electrons. The highest BCUT2D eigenvalue weighted by atomic mass is 14.9. The summed E-state index contributed by atoms with van der Waals surface area (Å²) < 4.78 is 0. The monoisotopic (exact) mass is 141 g/mol. The normalized spacial score (nSPS) is 33.7. The minimum absolute atomic E-state index is 0.330. The first-order valence-electron chi connectivity index (χ1n) is 3.77. The average Bonchev–Trinajstić information content (AvgIpc) is 1.88. The molecule has 0 saturated carbocycles. The van der Waals surface area contributed by atoms with Crippen molar-refractivity contribution in [2.45, 2.75) is 25.8 Å². The highest BCUT2D eigenvalue weighted by Crippen LogP contribution is 2.14. The third-order valence-corrected chi connectivity index (χ3v) is 2.06. The maximum absolute atomic E-state index is 7.23. The second-order valence-electron chi connectivity index (χ2n) is 3.03. The van der Waals surface area contributed by atoms with E-state index in [0.29, 0.717) is 17.8 Å². The molecule has 0 aromatic heterocycles. The lowest BCUT2D eigenvalue weighted by Gasteiger charge is -2.26. The Morgan fingerprint density at radius 1 is 1.70 bits per heavy atom. The topological polar surface area (TPSA) is 61.9 Å².